The van der Waals surface area contributed by atoms with Crippen molar-refractivity contribution in [2.75, 3.05) is 6.54 Å². The van der Waals surface area contributed by atoms with Crippen LogP contribution < -0.4 is 5.32 Å². The van der Waals surface area contributed by atoms with Crippen LogP contribution in [-0.4, -0.2) is 22.1 Å². The van der Waals surface area contributed by atoms with Gasteiger partial charge in [0.1, 0.15) is 5.69 Å². The lowest BCUT2D eigenvalue weighted by Crippen LogP contribution is -2.27. The molecular weight excluding hydrogens is 240 g/mol. The number of benzene rings is 1. The Hall–Kier alpha value is -2.07. The Morgan fingerprint density at radius 1 is 1.21 bits per heavy atom. The zero-order valence-electron chi connectivity index (χ0n) is 11.0. The molecule has 0 radical (unpaired) electrons. The molecule has 1 amide bonds. The molecule has 4 nitrogen and oxygen atoms in total. The molecule has 2 aromatic rings. The minimum Gasteiger partial charge on any atom is -0.392 e. The van der Waals surface area contributed by atoms with E-state index in [1.54, 1.807) is 10.6 Å². The summed E-state index contributed by atoms with van der Waals surface area (Å²) in [6, 6.07) is 11.4. The second-order valence-electron chi connectivity index (χ2n) is 4.48. The predicted octanol–water partition coefficient (Wildman–Crippen LogP) is 1.49. The van der Waals surface area contributed by atoms with E-state index in [-0.39, 0.29) is 12.5 Å². The summed E-state index contributed by atoms with van der Waals surface area (Å²) in [5.74, 6) is -0.0560. The molecule has 0 saturated carbocycles. The molecule has 4 heteroatoms. The van der Waals surface area contributed by atoms with Gasteiger partial charge >= 0.3 is 0 Å². The molecule has 1 aromatic heterocycles. The second kappa shape index (κ2) is 6.20. The molecule has 0 atom stereocenters. The number of hydrogen-bond acceptors (Lipinski definition) is 2. The van der Waals surface area contributed by atoms with Crippen LogP contribution in [0.4, 0.5) is 0 Å². The van der Waals surface area contributed by atoms with Gasteiger partial charge in [-0.25, -0.2) is 0 Å². The number of aliphatic hydroxyl groups excluding tert-OH is 1. The minimum absolute atomic E-state index is 0.0560. The van der Waals surface area contributed by atoms with Gasteiger partial charge in [-0.3, -0.25) is 4.79 Å². The fourth-order valence-electron chi connectivity index (χ4n) is 1.92. The molecule has 0 fully saturated rings. The normalized spacial score (nSPS) is 10.4. The molecule has 2 N–H and O–H groups in total. The summed E-state index contributed by atoms with van der Waals surface area (Å²) in [6.07, 6.45) is 2.63. The lowest BCUT2D eigenvalue weighted by molar-refractivity contribution is 0.0946. The van der Waals surface area contributed by atoms with E-state index in [1.165, 1.54) is 0 Å². The first-order chi connectivity index (χ1) is 9.20. The Balaban J connectivity index is 1.83. The van der Waals surface area contributed by atoms with Crippen LogP contribution in [0.1, 0.15) is 21.6 Å². The summed E-state index contributed by atoms with van der Waals surface area (Å²) < 4.78 is 1.80. The standard InChI is InChI=1S/C15H18N2O2/c1-17-10-2-3-14(17)15(19)16-9-8-12-4-6-13(11-18)7-5-12/h2-7,10,18H,8-9,11H2,1H3,(H,16,19). The van der Waals surface area contributed by atoms with E-state index in [9.17, 15) is 4.79 Å². The number of hydrogen-bond donors (Lipinski definition) is 2. The summed E-state index contributed by atoms with van der Waals surface area (Å²) in [7, 11) is 1.85. The Morgan fingerprint density at radius 3 is 2.47 bits per heavy atom. The molecule has 1 aromatic carbocycles. The highest BCUT2D eigenvalue weighted by molar-refractivity contribution is 5.92. The number of nitrogens with one attached hydrogen (secondary N) is 1. The van der Waals surface area contributed by atoms with Crippen molar-refractivity contribution in [2.45, 2.75) is 13.0 Å². The van der Waals surface area contributed by atoms with Gasteiger partial charge in [-0.2, -0.15) is 0 Å². The molecule has 1 heterocycles. The quantitative estimate of drug-likeness (QED) is 0.853. The first-order valence-electron chi connectivity index (χ1n) is 6.29. The monoisotopic (exact) mass is 258 g/mol. The molecule has 0 saturated heterocycles. The Labute approximate surface area is 112 Å². The smallest absolute Gasteiger partial charge is 0.267 e. The van der Waals surface area contributed by atoms with E-state index in [1.807, 2.05) is 43.6 Å². The highest BCUT2D eigenvalue weighted by Gasteiger charge is 2.07. The van der Waals surface area contributed by atoms with Crippen LogP contribution in [0, 0.1) is 0 Å². The highest BCUT2D eigenvalue weighted by atomic mass is 16.3. The number of amides is 1. The average molecular weight is 258 g/mol. The van der Waals surface area contributed by atoms with Gasteiger partial charge in [-0.05, 0) is 29.7 Å². The maximum Gasteiger partial charge on any atom is 0.267 e. The Bertz CT molecular complexity index is 544. The molecular formula is C15H18N2O2. The van der Waals surface area contributed by atoms with Gasteiger partial charge in [-0.15, -0.1) is 0 Å². The number of aliphatic hydroxyl groups is 1. The largest absolute Gasteiger partial charge is 0.392 e. The molecule has 0 bridgehead atoms. The number of nitrogens with zero attached hydrogens (tertiary/aromatic N) is 1. The lowest BCUT2D eigenvalue weighted by atomic mass is 10.1. The number of carbonyl (C=O) groups excluding carboxylic acids is 1. The summed E-state index contributed by atoms with van der Waals surface area (Å²) in [5, 5.41) is 11.8. The van der Waals surface area contributed by atoms with Gasteiger partial charge in [-0.1, -0.05) is 24.3 Å². The van der Waals surface area contributed by atoms with E-state index in [2.05, 4.69) is 5.32 Å². The molecule has 19 heavy (non-hydrogen) atoms. The number of aromatic nitrogens is 1. The van der Waals surface area contributed by atoms with Crippen LogP contribution in [0.2, 0.25) is 0 Å². The summed E-state index contributed by atoms with van der Waals surface area (Å²) in [6.45, 7) is 0.660. The lowest BCUT2D eigenvalue weighted by Gasteiger charge is -2.06. The first-order valence-corrected chi connectivity index (χ1v) is 6.29. The van der Waals surface area contributed by atoms with Crippen molar-refractivity contribution in [1.29, 1.82) is 0 Å². The van der Waals surface area contributed by atoms with Gasteiger partial charge in [0.05, 0.1) is 6.61 Å². The summed E-state index contributed by atoms with van der Waals surface area (Å²) >= 11 is 0. The average Bonchev–Trinajstić information content (AvgIpc) is 2.86. The van der Waals surface area contributed by atoms with Crippen LogP contribution in [-0.2, 0) is 20.1 Å². The predicted molar refractivity (Wildman–Crippen MR) is 73.8 cm³/mol. The van der Waals surface area contributed by atoms with Crippen molar-refractivity contribution in [2.24, 2.45) is 7.05 Å². The fourth-order valence-corrected chi connectivity index (χ4v) is 1.92. The van der Waals surface area contributed by atoms with Crippen molar-refractivity contribution in [3.8, 4) is 0 Å². The maximum atomic E-state index is 11.9. The number of rotatable bonds is 5. The van der Waals surface area contributed by atoms with Gasteiger partial charge in [0.2, 0.25) is 0 Å². The van der Waals surface area contributed by atoms with Crippen molar-refractivity contribution in [3.63, 3.8) is 0 Å². The highest BCUT2D eigenvalue weighted by Crippen LogP contribution is 2.05. The topological polar surface area (TPSA) is 54.3 Å². The van der Waals surface area contributed by atoms with Crippen LogP contribution >= 0.6 is 0 Å². The summed E-state index contributed by atoms with van der Waals surface area (Å²) in [5.41, 5.74) is 2.71. The Morgan fingerprint density at radius 2 is 1.89 bits per heavy atom. The van der Waals surface area contributed by atoms with Crippen LogP contribution in [0.3, 0.4) is 0 Å². The van der Waals surface area contributed by atoms with Crippen molar-refractivity contribution in [1.82, 2.24) is 9.88 Å². The van der Waals surface area contributed by atoms with Gasteiger partial charge in [0.25, 0.3) is 5.91 Å². The number of aryl methyl sites for hydroxylation is 1. The molecule has 0 aliphatic heterocycles. The summed E-state index contributed by atoms with van der Waals surface area (Å²) in [4.78, 5) is 11.9. The van der Waals surface area contributed by atoms with Gasteiger partial charge in [0, 0.05) is 19.8 Å². The van der Waals surface area contributed by atoms with E-state index >= 15 is 0 Å². The van der Waals surface area contributed by atoms with Crippen molar-refractivity contribution >= 4 is 5.91 Å². The zero-order valence-corrected chi connectivity index (χ0v) is 11.0. The van der Waals surface area contributed by atoms with E-state index < -0.39 is 0 Å². The van der Waals surface area contributed by atoms with Gasteiger partial charge in [0.15, 0.2) is 0 Å². The third-order valence-electron chi connectivity index (χ3n) is 3.08. The minimum atomic E-state index is -0.0560. The van der Waals surface area contributed by atoms with Crippen molar-refractivity contribution < 1.29 is 9.90 Å². The molecule has 0 unspecified atom stereocenters. The molecule has 0 aliphatic carbocycles. The fraction of sp³-hybridized carbons (Fsp3) is 0.267. The third-order valence-corrected chi connectivity index (χ3v) is 3.08. The second-order valence-corrected chi connectivity index (χ2v) is 4.48. The molecule has 2 rings (SSSR count). The third kappa shape index (κ3) is 3.45. The molecule has 100 valence electrons. The van der Waals surface area contributed by atoms with E-state index in [0.29, 0.717) is 12.2 Å². The van der Waals surface area contributed by atoms with E-state index in [4.69, 9.17) is 5.11 Å². The van der Waals surface area contributed by atoms with Crippen LogP contribution in [0.5, 0.6) is 0 Å². The van der Waals surface area contributed by atoms with Crippen molar-refractivity contribution in [3.05, 3.63) is 59.4 Å². The SMILES string of the molecule is Cn1cccc1C(=O)NCCc1ccc(CO)cc1. The van der Waals surface area contributed by atoms with Crippen LogP contribution in [0.15, 0.2) is 42.6 Å². The van der Waals surface area contributed by atoms with Crippen LogP contribution in [0.25, 0.3) is 0 Å². The first kappa shape index (κ1) is 13.4. The van der Waals surface area contributed by atoms with Gasteiger partial charge < -0.3 is 15.0 Å². The Kier molecular flexibility index (Phi) is 4.36. The van der Waals surface area contributed by atoms with E-state index in [0.717, 1.165) is 17.5 Å². The molecule has 0 aliphatic rings. The zero-order chi connectivity index (χ0) is 13.7. The molecule has 0 spiro atoms. The number of carbonyl (C=O) groups is 1. The maximum absolute atomic E-state index is 11.9.